The van der Waals surface area contributed by atoms with E-state index in [9.17, 15) is 9.18 Å². The first kappa shape index (κ1) is 18.2. The topological polar surface area (TPSA) is 77.1 Å². The van der Waals surface area contributed by atoms with Gasteiger partial charge in [-0.05, 0) is 35.2 Å². The fraction of sp³-hybridized carbons (Fsp3) is 0.0476. The van der Waals surface area contributed by atoms with Gasteiger partial charge in [-0.1, -0.05) is 18.2 Å². The van der Waals surface area contributed by atoms with Crippen LogP contribution in [0.15, 0.2) is 72.5 Å². The molecule has 0 aliphatic carbocycles. The van der Waals surface area contributed by atoms with Crippen molar-refractivity contribution in [1.82, 2.24) is 24.4 Å². The molecule has 0 aliphatic heterocycles. The van der Waals surface area contributed by atoms with E-state index in [1.165, 1.54) is 18.3 Å². The van der Waals surface area contributed by atoms with E-state index in [-0.39, 0.29) is 11.7 Å². The van der Waals surface area contributed by atoms with Crippen molar-refractivity contribution < 1.29 is 9.18 Å². The number of amides is 1. The molecule has 0 atom stereocenters. The average Bonchev–Trinajstić information content (AvgIpc) is 3.49. The highest BCUT2D eigenvalue weighted by molar-refractivity contribution is 7.13. The monoisotopic (exact) mass is 418 g/mol. The second-order valence-electron chi connectivity index (χ2n) is 6.58. The van der Waals surface area contributed by atoms with Crippen molar-refractivity contribution in [2.45, 2.75) is 6.54 Å². The van der Waals surface area contributed by atoms with Gasteiger partial charge in [-0.15, -0.1) is 11.3 Å². The maximum Gasteiger partial charge on any atom is 0.262 e. The molecule has 0 saturated carbocycles. The first-order chi connectivity index (χ1) is 14.7. The van der Waals surface area contributed by atoms with Crippen molar-refractivity contribution in [3.8, 4) is 10.6 Å². The first-order valence-corrected chi connectivity index (χ1v) is 10.0. The van der Waals surface area contributed by atoms with Crippen LogP contribution in [-0.2, 0) is 6.54 Å². The molecule has 1 aromatic carbocycles. The highest BCUT2D eigenvalue weighted by Gasteiger charge is 2.17. The van der Waals surface area contributed by atoms with Crippen LogP contribution in [0.4, 0.5) is 10.2 Å². The summed E-state index contributed by atoms with van der Waals surface area (Å²) >= 11 is 1.59. The maximum absolute atomic E-state index is 13.4. The van der Waals surface area contributed by atoms with Crippen LogP contribution in [-0.4, -0.2) is 30.3 Å². The van der Waals surface area contributed by atoms with Crippen molar-refractivity contribution in [3.63, 3.8) is 0 Å². The van der Waals surface area contributed by atoms with E-state index in [0.717, 1.165) is 16.1 Å². The van der Waals surface area contributed by atoms with Crippen molar-refractivity contribution in [2.24, 2.45) is 0 Å². The summed E-state index contributed by atoms with van der Waals surface area (Å²) in [6.07, 6.45) is 4.89. The van der Waals surface area contributed by atoms with E-state index in [1.54, 1.807) is 45.1 Å². The molecule has 0 unspecified atom stereocenters. The average molecular weight is 418 g/mol. The van der Waals surface area contributed by atoms with Crippen LogP contribution in [0, 0.1) is 5.82 Å². The number of thiophene rings is 1. The standard InChI is InChI=1S/C21H15FN6OS/c22-15-4-1-3-14(11-15)13-27-9-7-19(26-27)25-21(29)16-12-24-28-17(6-8-23-20(16)28)18-5-2-10-30-18/h1-12H,13H2,(H,25,26,29). The Balaban J connectivity index is 1.37. The van der Waals surface area contributed by atoms with Gasteiger partial charge in [0.2, 0.25) is 0 Å². The summed E-state index contributed by atoms with van der Waals surface area (Å²) in [6, 6.07) is 13.8. The minimum absolute atomic E-state index is 0.296. The lowest BCUT2D eigenvalue weighted by Crippen LogP contribution is -2.13. The molecule has 0 aliphatic rings. The van der Waals surface area contributed by atoms with Crippen LogP contribution in [0.5, 0.6) is 0 Å². The predicted molar refractivity (Wildman–Crippen MR) is 112 cm³/mol. The third kappa shape index (κ3) is 3.46. The summed E-state index contributed by atoms with van der Waals surface area (Å²) in [5, 5.41) is 13.4. The zero-order valence-electron chi connectivity index (χ0n) is 15.6. The van der Waals surface area contributed by atoms with Crippen LogP contribution < -0.4 is 5.32 Å². The van der Waals surface area contributed by atoms with Crippen LogP contribution in [0.1, 0.15) is 15.9 Å². The quantitative estimate of drug-likeness (QED) is 0.466. The lowest BCUT2D eigenvalue weighted by molar-refractivity contribution is 0.102. The maximum atomic E-state index is 13.4. The molecule has 0 bridgehead atoms. The van der Waals surface area contributed by atoms with Crippen LogP contribution in [0.25, 0.3) is 16.2 Å². The second-order valence-corrected chi connectivity index (χ2v) is 7.53. The van der Waals surface area contributed by atoms with Gasteiger partial charge in [0, 0.05) is 18.5 Å². The number of nitrogens with one attached hydrogen (secondary N) is 1. The number of carbonyl (C=O) groups excluding carboxylic acids is 1. The fourth-order valence-corrected chi connectivity index (χ4v) is 3.92. The minimum atomic E-state index is -0.350. The molecule has 4 heterocycles. The van der Waals surface area contributed by atoms with E-state index < -0.39 is 0 Å². The summed E-state index contributed by atoms with van der Waals surface area (Å²) < 4.78 is 16.6. The van der Waals surface area contributed by atoms with Crippen molar-refractivity contribution in [3.05, 3.63) is 89.4 Å². The zero-order chi connectivity index (χ0) is 20.5. The van der Waals surface area contributed by atoms with E-state index in [0.29, 0.717) is 23.6 Å². The number of hydrogen-bond donors (Lipinski definition) is 1. The van der Waals surface area contributed by atoms with Crippen molar-refractivity contribution in [2.75, 3.05) is 5.32 Å². The largest absolute Gasteiger partial charge is 0.305 e. The lowest BCUT2D eigenvalue weighted by Gasteiger charge is -2.04. The molecule has 0 saturated heterocycles. The van der Waals surface area contributed by atoms with Gasteiger partial charge in [0.25, 0.3) is 5.91 Å². The Morgan fingerprint density at radius 3 is 2.93 bits per heavy atom. The number of hydrogen-bond acceptors (Lipinski definition) is 5. The molecule has 0 fully saturated rings. The Morgan fingerprint density at radius 1 is 1.17 bits per heavy atom. The molecule has 0 spiro atoms. The van der Waals surface area contributed by atoms with E-state index in [4.69, 9.17) is 0 Å². The molecule has 1 N–H and O–H groups in total. The van der Waals surface area contributed by atoms with Gasteiger partial charge in [0.1, 0.15) is 11.4 Å². The second kappa shape index (κ2) is 7.53. The molecule has 5 aromatic rings. The van der Waals surface area contributed by atoms with Crippen LogP contribution in [0.2, 0.25) is 0 Å². The third-order valence-electron chi connectivity index (χ3n) is 4.54. The van der Waals surface area contributed by atoms with Crippen molar-refractivity contribution >= 4 is 28.7 Å². The Morgan fingerprint density at radius 2 is 2.10 bits per heavy atom. The molecule has 4 aromatic heterocycles. The zero-order valence-corrected chi connectivity index (χ0v) is 16.4. The highest BCUT2D eigenvalue weighted by Crippen LogP contribution is 2.25. The van der Waals surface area contributed by atoms with Gasteiger partial charge in [-0.2, -0.15) is 10.2 Å². The Hall–Kier alpha value is -3.85. The normalized spacial score (nSPS) is 11.1. The van der Waals surface area contributed by atoms with E-state index >= 15 is 0 Å². The number of fused-ring (bicyclic) bond motifs is 1. The van der Waals surface area contributed by atoms with Gasteiger partial charge in [-0.25, -0.2) is 13.9 Å². The number of carbonyl (C=O) groups is 1. The molecular formula is C21H15FN6OS. The molecule has 30 heavy (non-hydrogen) atoms. The summed E-state index contributed by atoms with van der Waals surface area (Å²) in [6.45, 7) is 0.399. The number of rotatable bonds is 5. The molecule has 0 radical (unpaired) electrons. The number of aromatic nitrogens is 5. The lowest BCUT2D eigenvalue weighted by atomic mass is 10.2. The van der Waals surface area contributed by atoms with E-state index in [1.807, 2.05) is 29.6 Å². The Labute approximate surface area is 174 Å². The molecule has 9 heteroatoms. The van der Waals surface area contributed by atoms with Gasteiger partial charge in [0.15, 0.2) is 11.5 Å². The Kier molecular flexibility index (Phi) is 4.56. The minimum Gasteiger partial charge on any atom is -0.305 e. The van der Waals surface area contributed by atoms with Crippen LogP contribution >= 0.6 is 11.3 Å². The third-order valence-corrected chi connectivity index (χ3v) is 5.43. The van der Waals surface area contributed by atoms with Gasteiger partial charge >= 0.3 is 0 Å². The number of anilines is 1. The fourth-order valence-electron chi connectivity index (χ4n) is 3.19. The molecular weight excluding hydrogens is 403 g/mol. The Bertz CT molecular complexity index is 1340. The summed E-state index contributed by atoms with van der Waals surface area (Å²) in [4.78, 5) is 18.2. The number of halogens is 1. The summed E-state index contributed by atoms with van der Waals surface area (Å²) in [5.41, 5.74) is 2.48. The van der Waals surface area contributed by atoms with Crippen molar-refractivity contribution in [1.29, 1.82) is 0 Å². The molecule has 148 valence electrons. The van der Waals surface area contributed by atoms with E-state index in [2.05, 4.69) is 20.5 Å². The first-order valence-electron chi connectivity index (χ1n) is 9.13. The highest BCUT2D eigenvalue weighted by atomic mass is 32.1. The summed E-state index contributed by atoms with van der Waals surface area (Å²) in [7, 11) is 0. The van der Waals surface area contributed by atoms with Gasteiger partial charge < -0.3 is 5.32 Å². The van der Waals surface area contributed by atoms with Crippen LogP contribution in [0.3, 0.4) is 0 Å². The molecule has 1 amide bonds. The number of benzene rings is 1. The molecule has 5 rings (SSSR count). The van der Waals surface area contributed by atoms with Gasteiger partial charge in [0.05, 0.1) is 23.3 Å². The predicted octanol–water partition coefficient (Wildman–Crippen LogP) is 4.09. The SMILES string of the molecule is O=C(Nc1ccn(Cc2cccc(F)c2)n1)c1cnn2c(-c3cccs3)ccnc12. The smallest absolute Gasteiger partial charge is 0.262 e. The molecule has 7 nitrogen and oxygen atoms in total. The summed E-state index contributed by atoms with van der Waals surface area (Å²) in [5.74, 6) is -0.252. The van der Waals surface area contributed by atoms with Gasteiger partial charge in [-0.3, -0.25) is 9.48 Å². The number of nitrogens with zero attached hydrogens (tertiary/aromatic N) is 5.